The molecule has 0 fully saturated rings. The van der Waals surface area contributed by atoms with Crippen LogP contribution in [0.25, 0.3) is 10.9 Å². The predicted molar refractivity (Wildman–Crippen MR) is 118 cm³/mol. The molecule has 140 valence electrons. The van der Waals surface area contributed by atoms with Gasteiger partial charge in [-0.2, -0.15) is 0 Å². The molecule has 1 heterocycles. The summed E-state index contributed by atoms with van der Waals surface area (Å²) in [6.45, 7) is 4.30. The fourth-order valence-electron chi connectivity index (χ4n) is 3.79. The van der Waals surface area contributed by atoms with E-state index in [9.17, 15) is 4.79 Å². The minimum absolute atomic E-state index is 0.0935. The monoisotopic (exact) mass is 385 g/mol. The highest BCUT2D eigenvalue weighted by Gasteiger charge is 2.23. The Morgan fingerprint density at radius 2 is 1.50 bits per heavy atom. The molecule has 1 unspecified atom stereocenters. The molecule has 0 spiro atoms. The first kappa shape index (κ1) is 18.6. The lowest BCUT2D eigenvalue weighted by Crippen LogP contribution is -2.11. The molecule has 28 heavy (non-hydrogen) atoms. The Balaban J connectivity index is 1.73. The maximum atomic E-state index is 13.3. The van der Waals surface area contributed by atoms with Crippen molar-refractivity contribution >= 4 is 28.4 Å². The van der Waals surface area contributed by atoms with Gasteiger partial charge in [-0.1, -0.05) is 66.7 Å². The molecule has 0 aliphatic rings. The molecule has 1 atom stereocenters. The number of fused-ring (bicyclic) bond motifs is 1. The van der Waals surface area contributed by atoms with Crippen molar-refractivity contribution in [3.63, 3.8) is 0 Å². The molecule has 2 nitrogen and oxygen atoms in total. The van der Waals surface area contributed by atoms with Crippen LogP contribution >= 0.6 is 11.8 Å². The summed E-state index contributed by atoms with van der Waals surface area (Å²) in [6, 6.07) is 28.5. The highest BCUT2D eigenvalue weighted by molar-refractivity contribution is 7.99. The third-order valence-electron chi connectivity index (χ3n) is 5.09. The van der Waals surface area contributed by atoms with E-state index < -0.39 is 0 Å². The van der Waals surface area contributed by atoms with E-state index >= 15 is 0 Å². The number of benzene rings is 3. The van der Waals surface area contributed by atoms with Crippen LogP contribution in [-0.2, 0) is 0 Å². The maximum absolute atomic E-state index is 13.3. The number of para-hydroxylation sites is 1. The van der Waals surface area contributed by atoms with Crippen molar-refractivity contribution < 1.29 is 4.79 Å². The average Bonchev–Trinajstić information content (AvgIpc) is 3.04. The molecule has 3 heteroatoms. The lowest BCUT2D eigenvalue weighted by molar-refractivity contribution is 0.103. The standard InChI is InChI=1S/C25H23NOS/c1-18(17-28-21-13-7-4-8-14-21)26-19(2)24(22-15-9-10-16-23(22)26)25(27)20-11-5-3-6-12-20/h3-16,18H,17H2,1-2H3. The molecule has 0 bridgehead atoms. The van der Waals surface area contributed by atoms with Gasteiger partial charge in [-0.3, -0.25) is 4.79 Å². The lowest BCUT2D eigenvalue weighted by atomic mass is 10.0. The van der Waals surface area contributed by atoms with Gasteiger partial charge < -0.3 is 4.57 Å². The summed E-state index contributed by atoms with van der Waals surface area (Å²) in [4.78, 5) is 14.5. The number of hydrogen-bond acceptors (Lipinski definition) is 2. The van der Waals surface area contributed by atoms with Gasteiger partial charge in [0, 0.05) is 38.9 Å². The van der Waals surface area contributed by atoms with Crippen LogP contribution in [0, 0.1) is 6.92 Å². The van der Waals surface area contributed by atoms with Crippen LogP contribution < -0.4 is 0 Å². The number of nitrogens with zero attached hydrogens (tertiary/aromatic N) is 1. The SMILES string of the molecule is Cc1c(C(=O)c2ccccc2)c2ccccc2n1C(C)CSc1ccccc1. The Morgan fingerprint density at radius 3 is 2.21 bits per heavy atom. The van der Waals surface area contributed by atoms with Gasteiger partial charge in [-0.25, -0.2) is 0 Å². The van der Waals surface area contributed by atoms with Crippen LogP contribution in [0.2, 0.25) is 0 Å². The van der Waals surface area contributed by atoms with Crippen molar-refractivity contribution in [2.45, 2.75) is 24.8 Å². The number of hydrogen-bond donors (Lipinski definition) is 0. The van der Waals surface area contributed by atoms with E-state index in [1.54, 1.807) is 0 Å². The van der Waals surface area contributed by atoms with Crippen molar-refractivity contribution in [1.82, 2.24) is 4.57 Å². The van der Waals surface area contributed by atoms with E-state index in [0.29, 0.717) is 0 Å². The van der Waals surface area contributed by atoms with Crippen LogP contribution in [0.1, 0.15) is 34.6 Å². The zero-order valence-electron chi connectivity index (χ0n) is 16.1. The highest BCUT2D eigenvalue weighted by atomic mass is 32.2. The number of carbonyl (C=O) groups excluding carboxylic acids is 1. The molecule has 1 aromatic heterocycles. The van der Waals surface area contributed by atoms with Gasteiger partial charge in [-0.05, 0) is 32.0 Å². The van der Waals surface area contributed by atoms with E-state index in [4.69, 9.17) is 0 Å². The third kappa shape index (κ3) is 3.50. The summed E-state index contributed by atoms with van der Waals surface area (Å²) in [5.41, 5.74) is 3.72. The van der Waals surface area contributed by atoms with Gasteiger partial charge in [0.05, 0.1) is 5.56 Å². The summed E-state index contributed by atoms with van der Waals surface area (Å²) in [6.07, 6.45) is 0. The lowest BCUT2D eigenvalue weighted by Gasteiger charge is -2.17. The smallest absolute Gasteiger partial charge is 0.195 e. The second-order valence-corrected chi connectivity index (χ2v) is 8.11. The summed E-state index contributed by atoms with van der Waals surface area (Å²) >= 11 is 1.85. The second kappa shape index (κ2) is 8.07. The molecule has 4 rings (SSSR count). The van der Waals surface area contributed by atoms with Crippen LogP contribution in [0.15, 0.2) is 89.8 Å². The molecular formula is C25H23NOS. The number of rotatable bonds is 6. The fourth-order valence-corrected chi connectivity index (χ4v) is 4.72. The maximum Gasteiger partial charge on any atom is 0.195 e. The Morgan fingerprint density at radius 1 is 0.893 bits per heavy atom. The largest absolute Gasteiger partial charge is 0.340 e. The van der Waals surface area contributed by atoms with Gasteiger partial charge in [0.25, 0.3) is 0 Å². The molecule has 0 radical (unpaired) electrons. The molecule has 4 aromatic rings. The number of carbonyl (C=O) groups is 1. The Labute approximate surface area is 170 Å². The molecule has 0 aliphatic heterocycles. The topological polar surface area (TPSA) is 22.0 Å². The average molecular weight is 386 g/mol. The fraction of sp³-hybridized carbons (Fsp3) is 0.160. The Hall–Kier alpha value is -2.78. The van der Waals surface area contributed by atoms with Crippen LogP contribution in [0.4, 0.5) is 0 Å². The molecule has 3 aromatic carbocycles. The summed E-state index contributed by atoms with van der Waals surface area (Å²) in [7, 11) is 0. The zero-order chi connectivity index (χ0) is 19.5. The number of aromatic nitrogens is 1. The summed E-state index contributed by atoms with van der Waals surface area (Å²) in [5.74, 6) is 1.04. The van der Waals surface area contributed by atoms with Crippen molar-refractivity contribution in [2.75, 3.05) is 5.75 Å². The summed E-state index contributed by atoms with van der Waals surface area (Å²) in [5, 5.41) is 1.03. The van der Waals surface area contributed by atoms with Gasteiger partial charge in [-0.15, -0.1) is 11.8 Å². The summed E-state index contributed by atoms with van der Waals surface area (Å²) < 4.78 is 2.32. The molecule has 0 amide bonds. The van der Waals surface area contributed by atoms with E-state index in [-0.39, 0.29) is 11.8 Å². The quantitative estimate of drug-likeness (QED) is 0.278. The van der Waals surface area contributed by atoms with Crippen LogP contribution in [0.5, 0.6) is 0 Å². The number of ketones is 1. The highest BCUT2D eigenvalue weighted by Crippen LogP contribution is 2.33. The molecule has 0 saturated carbocycles. The van der Waals surface area contributed by atoms with Crippen molar-refractivity contribution in [3.05, 3.63) is 102 Å². The molecule has 0 N–H and O–H groups in total. The van der Waals surface area contributed by atoms with Crippen molar-refractivity contribution in [1.29, 1.82) is 0 Å². The first-order chi connectivity index (χ1) is 13.7. The van der Waals surface area contributed by atoms with Crippen molar-refractivity contribution in [2.24, 2.45) is 0 Å². The second-order valence-electron chi connectivity index (χ2n) is 7.02. The zero-order valence-corrected chi connectivity index (χ0v) is 16.9. The minimum atomic E-state index is 0.0935. The van der Waals surface area contributed by atoms with E-state index in [0.717, 1.165) is 33.5 Å². The minimum Gasteiger partial charge on any atom is -0.340 e. The van der Waals surface area contributed by atoms with Gasteiger partial charge in [0.1, 0.15) is 0 Å². The predicted octanol–water partition coefficient (Wildman–Crippen LogP) is 6.53. The third-order valence-corrected chi connectivity index (χ3v) is 6.35. The first-order valence-corrected chi connectivity index (χ1v) is 10.5. The Bertz CT molecular complexity index is 1100. The van der Waals surface area contributed by atoms with E-state index in [1.807, 2.05) is 60.3 Å². The molecular weight excluding hydrogens is 362 g/mol. The van der Waals surface area contributed by atoms with Gasteiger partial charge in [0.2, 0.25) is 0 Å². The van der Waals surface area contributed by atoms with Crippen LogP contribution in [-0.4, -0.2) is 16.1 Å². The van der Waals surface area contributed by atoms with E-state index in [1.165, 1.54) is 4.90 Å². The Kier molecular flexibility index (Phi) is 5.36. The first-order valence-electron chi connectivity index (χ1n) is 9.54. The van der Waals surface area contributed by atoms with Gasteiger partial charge in [0.15, 0.2) is 5.78 Å². The molecule has 0 aliphatic carbocycles. The van der Waals surface area contributed by atoms with E-state index in [2.05, 4.69) is 54.8 Å². The van der Waals surface area contributed by atoms with Crippen LogP contribution in [0.3, 0.4) is 0 Å². The normalized spacial score (nSPS) is 12.2. The molecule has 0 saturated heterocycles. The van der Waals surface area contributed by atoms with Crippen molar-refractivity contribution in [3.8, 4) is 0 Å². The number of thioether (sulfide) groups is 1. The van der Waals surface area contributed by atoms with Gasteiger partial charge >= 0.3 is 0 Å².